The van der Waals surface area contributed by atoms with Crippen LogP contribution in [-0.2, 0) is 4.79 Å². The van der Waals surface area contributed by atoms with Gasteiger partial charge in [-0.05, 0) is 68.6 Å². The number of rotatable bonds is 4. The molecule has 4 bridgehead atoms. The maximum absolute atomic E-state index is 12.6. The van der Waals surface area contributed by atoms with Crippen molar-refractivity contribution in [1.82, 2.24) is 5.32 Å². The summed E-state index contributed by atoms with van der Waals surface area (Å²) < 4.78 is 0. The van der Waals surface area contributed by atoms with Gasteiger partial charge in [-0.15, -0.1) is 11.6 Å². The molecule has 5 aliphatic carbocycles. The predicted octanol–water partition coefficient (Wildman–Crippen LogP) is 3.19. The second-order valence-electron chi connectivity index (χ2n) is 7.81. The molecule has 5 aliphatic rings. The molecule has 0 heterocycles. The third-order valence-corrected chi connectivity index (χ3v) is 6.97. The lowest BCUT2D eigenvalue weighted by Gasteiger charge is -2.53. The monoisotopic (exact) mass is 281 g/mol. The van der Waals surface area contributed by atoms with Gasteiger partial charge in [0.15, 0.2) is 0 Å². The smallest absolute Gasteiger partial charge is 0.223 e. The van der Waals surface area contributed by atoms with Crippen molar-refractivity contribution >= 4 is 17.5 Å². The van der Waals surface area contributed by atoms with Gasteiger partial charge in [0.1, 0.15) is 0 Å². The average molecular weight is 282 g/mol. The lowest BCUT2D eigenvalue weighted by atomic mass is 9.51. The lowest BCUT2D eigenvalue weighted by molar-refractivity contribution is -0.138. The van der Waals surface area contributed by atoms with E-state index in [0.717, 1.165) is 18.4 Å². The molecule has 5 rings (SSSR count). The summed E-state index contributed by atoms with van der Waals surface area (Å²) in [5.74, 6) is 4.68. The average Bonchev–Trinajstić information content (AvgIpc) is 3.16. The van der Waals surface area contributed by atoms with Crippen molar-refractivity contribution in [2.24, 2.45) is 35.0 Å². The quantitative estimate of drug-likeness (QED) is 0.788. The molecule has 1 amide bonds. The van der Waals surface area contributed by atoms with Crippen LogP contribution >= 0.6 is 11.6 Å². The molecule has 0 aromatic carbocycles. The molecule has 5 saturated carbocycles. The molecule has 0 spiro atoms. The normalized spacial score (nSPS) is 45.2. The van der Waals surface area contributed by atoms with Gasteiger partial charge in [-0.2, -0.15) is 0 Å². The Bertz CT molecular complexity index is 362. The number of carbonyl (C=O) groups is 1. The SMILES string of the molecule is O=C(NCC1(CCl)CC1)C1C2CC3CC(C2)CC1C3. The van der Waals surface area contributed by atoms with Gasteiger partial charge in [-0.25, -0.2) is 0 Å². The molecule has 0 aromatic heterocycles. The van der Waals surface area contributed by atoms with Crippen LogP contribution in [0.1, 0.15) is 44.9 Å². The number of nitrogens with one attached hydrogen (secondary N) is 1. The highest BCUT2D eigenvalue weighted by atomic mass is 35.5. The van der Waals surface area contributed by atoms with E-state index in [1.54, 1.807) is 0 Å². The van der Waals surface area contributed by atoms with Gasteiger partial charge in [-0.1, -0.05) is 0 Å². The van der Waals surface area contributed by atoms with Crippen LogP contribution in [0.2, 0.25) is 0 Å². The minimum absolute atomic E-state index is 0.253. The summed E-state index contributed by atoms with van der Waals surface area (Å²) >= 11 is 5.99. The van der Waals surface area contributed by atoms with E-state index in [9.17, 15) is 4.79 Å². The lowest BCUT2D eigenvalue weighted by Crippen LogP contribution is -2.51. The zero-order valence-corrected chi connectivity index (χ0v) is 12.3. The fourth-order valence-electron chi connectivity index (χ4n) is 5.28. The van der Waals surface area contributed by atoms with Gasteiger partial charge in [0, 0.05) is 23.8 Å². The largest absolute Gasteiger partial charge is 0.355 e. The van der Waals surface area contributed by atoms with Crippen LogP contribution in [0.15, 0.2) is 0 Å². The first-order valence-corrected chi connectivity index (χ1v) is 8.56. The zero-order chi connectivity index (χ0) is 13.0. The van der Waals surface area contributed by atoms with Crippen molar-refractivity contribution in [3.05, 3.63) is 0 Å². The Kier molecular flexibility index (Phi) is 2.88. The first kappa shape index (κ1) is 12.5. The van der Waals surface area contributed by atoms with Crippen LogP contribution in [0, 0.1) is 35.0 Å². The van der Waals surface area contributed by atoms with E-state index in [-0.39, 0.29) is 5.41 Å². The summed E-state index contributed by atoms with van der Waals surface area (Å²) in [6.07, 6.45) is 9.14. The number of carbonyl (C=O) groups excluding carboxylic acids is 1. The number of hydrogen-bond donors (Lipinski definition) is 1. The molecule has 0 aromatic rings. The third kappa shape index (κ3) is 2.11. The van der Waals surface area contributed by atoms with Gasteiger partial charge in [0.05, 0.1) is 0 Å². The summed E-state index contributed by atoms with van der Waals surface area (Å²) in [5.41, 5.74) is 0.253. The Balaban J connectivity index is 1.40. The van der Waals surface area contributed by atoms with E-state index in [0.29, 0.717) is 29.5 Å². The van der Waals surface area contributed by atoms with Gasteiger partial charge in [0.2, 0.25) is 5.91 Å². The molecular weight excluding hydrogens is 258 g/mol. The maximum Gasteiger partial charge on any atom is 0.223 e. The summed E-state index contributed by atoms with van der Waals surface area (Å²) in [5, 5.41) is 3.24. The van der Waals surface area contributed by atoms with Crippen LogP contribution in [0.3, 0.4) is 0 Å². The number of hydrogen-bond acceptors (Lipinski definition) is 1. The Morgan fingerprint density at radius 3 is 2.11 bits per heavy atom. The fraction of sp³-hybridized carbons (Fsp3) is 0.938. The summed E-state index contributed by atoms with van der Waals surface area (Å²) in [6, 6.07) is 0. The van der Waals surface area contributed by atoms with E-state index in [4.69, 9.17) is 11.6 Å². The molecule has 3 heteroatoms. The number of halogens is 1. The van der Waals surface area contributed by atoms with Crippen LogP contribution in [0.4, 0.5) is 0 Å². The van der Waals surface area contributed by atoms with Gasteiger partial charge in [0.25, 0.3) is 0 Å². The molecule has 0 radical (unpaired) electrons. The molecule has 0 atom stereocenters. The first-order valence-electron chi connectivity index (χ1n) is 8.03. The molecule has 1 N–H and O–H groups in total. The highest BCUT2D eigenvalue weighted by Gasteiger charge is 2.51. The Hall–Kier alpha value is -0.240. The molecule has 0 aliphatic heterocycles. The molecular formula is C16H24ClNO. The van der Waals surface area contributed by atoms with E-state index in [2.05, 4.69) is 5.32 Å². The van der Waals surface area contributed by atoms with E-state index in [1.165, 1.54) is 44.9 Å². The summed E-state index contributed by atoms with van der Waals surface area (Å²) in [6.45, 7) is 0.818. The first-order chi connectivity index (χ1) is 9.19. The Morgan fingerprint density at radius 1 is 1.05 bits per heavy atom. The molecule has 0 unspecified atom stereocenters. The topological polar surface area (TPSA) is 29.1 Å². The third-order valence-electron chi connectivity index (χ3n) is 6.41. The standard InChI is InChI=1S/C16H24ClNO/c17-8-16(1-2-16)9-18-15(19)14-12-4-10-3-11(6-12)7-13(14)5-10/h10-14H,1-9H2,(H,18,19). The highest BCUT2D eigenvalue weighted by Crippen LogP contribution is 2.56. The summed E-state index contributed by atoms with van der Waals surface area (Å²) in [4.78, 5) is 12.6. The molecule has 5 fully saturated rings. The van der Waals surface area contributed by atoms with Crippen molar-refractivity contribution in [2.45, 2.75) is 44.9 Å². The molecule has 2 nitrogen and oxygen atoms in total. The Labute approximate surface area is 120 Å². The zero-order valence-electron chi connectivity index (χ0n) is 11.5. The molecule has 106 valence electrons. The minimum Gasteiger partial charge on any atom is -0.355 e. The van der Waals surface area contributed by atoms with Crippen molar-refractivity contribution < 1.29 is 4.79 Å². The van der Waals surface area contributed by atoms with Crippen molar-refractivity contribution in [3.8, 4) is 0 Å². The van der Waals surface area contributed by atoms with Gasteiger partial charge < -0.3 is 5.32 Å². The van der Waals surface area contributed by atoms with Crippen molar-refractivity contribution in [2.75, 3.05) is 12.4 Å². The van der Waals surface area contributed by atoms with E-state index in [1.807, 2.05) is 0 Å². The molecule has 0 saturated heterocycles. The van der Waals surface area contributed by atoms with Crippen LogP contribution in [-0.4, -0.2) is 18.3 Å². The maximum atomic E-state index is 12.6. The van der Waals surface area contributed by atoms with Gasteiger partial charge >= 0.3 is 0 Å². The molecule has 19 heavy (non-hydrogen) atoms. The second-order valence-corrected chi connectivity index (χ2v) is 8.08. The Morgan fingerprint density at radius 2 is 1.63 bits per heavy atom. The highest BCUT2D eigenvalue weighted by molar-refractivity contribution is 6.18. The van der Waals surface area contributed by atoms with Gasteiger partial charge in [-0.3, -0.25) is 4.79 Å². The van der Waals surface area contributed by atoms with E-state index >= 15 is 0 Å². The second kappa shape index (κ2) is 4.38. The summed E-state index contributed by atoms with van der Waals surface area (Å²) in [7, 11) is 0. The predicted molar refractivity (Wildman–Crippen MR) is 75.9 cm³/mol. The minimum atomic E-state index is 0.253. The fourth-order valence-corrected chi connectivity index (χ4v) is 5.64. The van der Waals surface area contributed by atoms with Crippen molar-refractivity contribution in [1.29, 1.82) is 0 Å². The van der Waals surface area contributed by atoms with Crippen LogP contribution in [0.5, 0.6) is 0 Å². The van der Waals surface area contributed by atoms with Crippen LogP contribution < -0.4 is 5.32 Å². The van der Waals surface area contributed by atoms with Crippen molar-refractivity contribution in [3.63, 3.8) is 0 Å². The van der Waals surface area contributed by atoms with Crippen LogP contribution in [0.25, 0.3) is 0 Å². The van der Waals surface area contributed by atoms with E-state index < -0.39 is 0 Å². The number of amides is 1. The number of alkyl halides is 1.